The highest BCUT2D eigenvalue weighted by atomic mass is 35.5. The van der Waals surface area contributed by atoms with Crippen LogP contribution >= 0.6 is 11.6 Å². The van der Waals surface area contributed by atoms with Crippen molar-refractivity contribution in [3.63, 3.8) is 0 Å². The Morgan fingerprint density at radius 3 is 2.36 bits per heavy atom. The minimum atomic E-state index is -3.73. The molecule has 146 valence electrons. The van der Waals surface area contributed by atoms with E-state index in [1.165, 1.54) is 36.2 Å². The Morgan fingerprint density at radius 2 is 1.75 bits per heavy atom. The number of benzene rings is 2. The SMILES string of the molecule is CN(Cc1ccco1)C(=O)c1ccc(N(C)S(=O)(=O)c2ccccc2)cc1Cl. The maximum atomic E-state index is 12.7. The normalized spacial score (nSPS) is 11.2. The third-order valence-corrected chi connectivity index (χ3v) is 6.38. The van der Waals surface area contributed by atoms with Crippen molar-refractivity contribution in [2.75, 3.05) is 18.4 Å². The van der Waals surface area contributed by atoms with Crippen molar-refractivity contribution in [1.29, 1.82) is 0 Å². The number of sulfonamides is 1. The minimum Gasteiger partial charge on any atom is -0.467 e. The Bertz CT molecular complexity index is 1070. The third kappa shape index (κ3) is 4.05. The average Bonchev–Trinajstić information content (AvgIpc) is 3.20. The maximum Gasteiger partial charge on any atom is 0.264 e. The summed E-state index contributed by atoms with van der Waals surface area (Å²) >= 11 is 6.30. The van der Waals surface area contributed by atoms with Crippen LogP contribution < -0.4 is 4.31 Å². The van der Waals surface area contributed by atoms with E-state index in [4.69, 9.17) is 16.0 Å². The summed E-state index contributed by atoms with van der Waals surface area (Å²) in [5.41, 5.74) is 0.643. The topological polar surface area (TPSA) is 70.8 Å². The Balaban J connectivity index is 1.83. The van der Waals surface area contributed by atoms with E-state index >= 15 is 0 Å². The van der Waals surface area contributed by atoms with Crippen LogP contribution in [-0.4, -0.2) is 33.3 Å². The first-order valence-corrected chi connectivity index (χ1v) is 10.2. The van der Waals surface area contributed by atoms with E-state index in [2.05, 4.69) is 0 Å². The van der Waals surface area contributed by atoms with E-state index in [1.54, 1.807) is 49.7 Å². The van der Waals surface area contributed by atoms with Crippen LogP contribution in [0.4, 0.5) is 5.69 Å². The molecule has 3 aromatic rings. The zero-order valence-corrected chi connectivity index (χ0v) is 16.9. The van der Waals surface area contributed by atoms with E-state index in [1.807, 2.05) is 0 Å². The first kappa shape index (κ1) is 20.0. The lowest BCUT2D eigenvalue weighted by Crippen LogP contribution is -2.28. The fourth-order valence-corrected chi connectivity index (χ4v) is 4.14. The quantitative estimate of drug-likeness (QED) is 0.606. The number of furan rings is 1. The maximum absolute atomic E-state index is 12.7. The van der Waals surface area contributed by atoms with Crippen molar-refractivity contribution in [1.82, 2.24) is 4.90 Å². The van der Waals surface area contributed by atoms with Gasteiger partial charge in [0.15, 0.2) is 0 Å². The molecule has 0 unspecified atom stereocenters. The molecule has 0 spiro atoms. The van der Waals surface area contributed by atoms with Crippen LogP contribution in [0.5, 0.6) is 0 Å². The Kier molecular flexibility index (Phi) is 5.76. The molecule has 1 heterocycles. The van der Waals surface area contributed by atoms with Crippen LogP contribution in [0.3, 0.4) is 0 Å². The van der Waals surface area contributed by atoms with Gasteiger partial charge in [0.2, 0.25) is 0 Å². The number of halogens is 1. The van der Waals surface area contributed by atoms with Gasteiger partial charge in [0.05, 0.1) is 34.0 Å². The molecule has 0 aliphatic rings. The van der Waals surface area contributed by atoms with E-state index in [0.29, 0.717) is 18.0 Å². The summed E-state index contributed by atoms with van der Waals surface area (Å²) in [6, 6.07) is 16.2. The summed E-state index contributed by atoms with van der Waals surface area (Å²) in [6.45, 7) is 0.298. The number of hydrogen-bond acceptors (Lipinski definition) is 4. The summed E-state index contributed by atoms with van der Waals surface area (Å²) in [6.07, 6.45) is 1.54. The summed E-state index contributed by atoms with van der Waals surface area (Å²) in [7, 11) is -0.643. The highest BCUT2D eigenvalue weighted by Gasteiger charge is 2.23. The van der Waals surface area contributed by atoms with Crippen LogP contribution in [0.2, 0.25) is 5.02 Å². The number of nitrogens with zero attached hydrogens (tertiary/aromatic N) is 2. The average molecular weight is 419 g/mol. The lowest BCUT2D eigenvalue weighted by Gasteiger charge is -2.21. The van der Waals surface area contributed by atoms with Gasteiger partial charge < -0.3 is 9.32 Å². The molecule has 0 saturated heterocycles. The monoisotopic (exact) mass is 418 g/mol. The van der Waals surface area contributed by atoms with Gasteiger partial charge in [-0.15, -0.1) is 0 Å². The number of rotatable bonds is 6. The Hall–Kier alpha value is -2.77. The van der Waals surface area contributed by atoms with Gasteiger partial charge in [0.25, 0.3) is 15.9 Å². The summed E-state index contributed by atoms with van der Waals surface area (Å²) < 4.78 is 31.9. The van der Waals surface area contributed by atoms with Crippen LogP contribution in [0.25, 0.3) is 0 Å². The largest absolute Gasteiger partial charge is 0.467 e. The highest BCUT2D eigenvalue weighted by Crippen LogP contribution is 2.28. The van der Waals surface area contributed by atoms with Gasteiger partial charge in [-0.1, -0.05) is 29.8 Å². The van der Waals surface area contributed by atoms with Crippen LogP contribution in [0.1, 0.15) is 16.1 Å². The molecular weight excluding hydrogens is 400 g/mol. The molecule has 0 fully saturated rings. The number of hydrogen-bond donors (Lipinski definition) is 0. The lowest BCUT2D eigenvalue weighted by atomic mass is 10.1. The van der Waals surface area contributed by atoms with Gasteiger partial charge in [0.1, 0.15) is 5.76 Å². The molecule has 0 aliphatic heterocycles. The second kappa shape index (κ2) is 8.08. The zero-order chi connectivity index (χ0) is 20.3. The van der Waals surface area contributed by atoms with Crippen molar-refractivity contribution in [2.24, 2.45) is 0 Å². The second-order valence-electron chi connectivity index (χ2n) is 6.19. The smallest absolute Gasteiger partial charge is 0.264 e. The Labute approximate surface area is 169 Å². The van der Waals surface area contributed by atoms with Gasteiger partial charge in [-0.3, -0.25) is 9.10 Å². The molecule has 28 heavy (non-hydrogen) atoms. The molecule has 0 bridgehead atoms. The fraction of sp³-hybridized carbons (Fsp3) is 0.150. The summed E-state index contributed by atoms with van der Waals surface area (Å²) in [5.74, 6) is 0.360. The van der Waals surface area contributed by atoms with Gasteiger partial charge >= 0.3 is 0 Å². The van der Waals surface area contributed by atoms with Crippen molar-refractivity contribution in [3.05, 3.63) is 83.3 Å². The first-order chi connectivity index (χ1) is 13.3. The van der Waals surface area contributed by atoms with E-state index in [-0.39, 0.29) is 21.4 Å². The number of carbonyl (C=O) groups excluding carboxylic acids is 1. The van der Waals surface area contributed by atoms with E-state index < -0.39 is 10.0 Å². The van der Waals surface area contributed by atoms with Crippen LogP contribution in [0, 0.1) is 0 Å². The highest BCUT2D eigenvalue weighted by molar-refractivity contribution is 7.92. The zero-order valence-electron chi connectivity index (χ0n) is 15.4. The fourth-order valence-electron chi connectivity index (χ4n) is 2.68. The predicted molar refractivity (Wildman–Crippen MR) is 108 cm³/mol. The molecule has 0 N–H and O–H groups in total. The number of anilines is 1. The van der Waals surface area contributed by atoms with Gasteiger partial charge in [-0.25, -0.2) is 8.42 Å². The molecule has 1 aromatic heterocycles. The number of carbonyl (C=O) groups is 1. The molecule has 0 saturated carbocycles. The van der Waals surface area contributed by atoms with Gasteiger partial charge in [-0.05, 0) is 42.5 Å². The molecule has 6 nitrogen and oxygen atoms in total. The molecule has 0 atom stereocenters. The summed E-state index contributed by atoms with van der Waals surface area (Å²) in [4.78, 5) is 14.3. The second-order valence-corrected chi connectivity index (χ2v) is 8.57. The molecule has 1 amide bonds. The molecular formula is C20H19ClN2O4S. The molecule has 3 rings (SSSR count). The molecule has 8 heteroatoms. The van der Waals surface area contributed by atoms with Crippen LogP contribution in [-0.2, 0) is 16.6 Å². The molecule has 0 aliphatic carbocycles. The molecule has 0 radical (unpaired) electrons. The van der Waals surface area contributed by atoms with E-state index in [9.17, 15) is 13.2 Å². The summed E-state index contributed by atoms with van der Waals surface area (Å²) in [5, 5.41) is 0.170. The number of amides is 1. The standard InChI is InChI=1S/C20H19ClN2O4S/c1-22(14-16-7-6-12-27-16)20(24)18-11-10-15(13-19(18)21)23(2)28(25,26)17-8-4-3-5-9-17/h3-13H,14H2,1-2H3. The minimum absolute atomic E-state index is 0.170. The predicted octanol–water partition coefficient (Wildman–Crippen LogP) is 4.03. The van der Waals surface area contributed by atoms with Crippen molar-refractivity contribution >= 4 is 33.2 Å². The lowest BCUT2D eigenvalue weighted by molar-refractivity contribution is 0.0775. The Morgan fingerprint density at radius 1 is 1.04 bits per heavy atom. The molecule has 2 aromatic carbocycles. The van der Waals surface area contributed by atoms with Crippen molar-refractivity contribution in [2.45, 2.75) is 11.4 Å². The van der Waals surface area contributed by atoms with Gasteiger partial charge in [-0.2, -0.15) is 0 Å². The van der Waals surface area contributed by atoms with Crippen LogP contribution in [0.15, 0.2) is 76.2 Å². The van der Waals surface area contributed by atoms with E-state index in [0.717, 1.165) is 4.31 Å². The first-order valence-electron chi connectivity index (χ1n) is 8.42. The third-order valence-electron chi connectivity index (χ3n) is 4.27. The van der Waals surface area contributed by atoms with Crippen molar-refractivity contribution < 1.29 is 17.6 Å². The van der Waals surface area contributed by atoms with Crippen molar-refractivity contribution in [3.8, 4) is 0 Å². The van der Waals surface area contributed by atoms with Gasteiger partial charge in [0, 0.05) is 14.1 Å².